The van der Waals surface area contributed by atoms with Crippen molar-refractivity contribution in [3.63, 3.8) is 0 Å². The van der Waals surface area contributed by atoms with Crippen LogP contribution in [0.3, 0.4) is 0 Å². The lowest BCUT2D eigenvalue weighted by molar-refractivity contribution is -0.151. The molecule has 0 amide bonds. The monoisotopic (exact) mass is 310 g/mol. The summed E-state index contributed by atoms with van der Waals surface area (Å²) in [6.45, 7) is 10.1. The van der Waals surface area contributed by atoms with Crippen molar-refractivity contribution >= 4 is 5.97 Å². The molecule has 3 aliphatic heterocycles. The molecule has 5 nitrogen and oxygen atoms in total. The number of hydrogen-bond donors (Lipinski definition) is 0. The normalized spacial score (nSPS) is 54.9. The number of hydrogen-bond acceptors (Lipinski definition) is 5. The van der Waals surface area contributed by atoms with Crippen LogP contribution in [0.2, 0.25) is 0 Å². The molecule has 4 rings (SSSR count). The van der Waals surface area contributed by atoms with Gasteiger partial charge in [0.1, 0.15) is 11.7 Å². The molecular formula is C17H26O5. The van der Waals surface area contributed by atoms with E-state index in [-0.39, 0.29) is 41.4 Å². The van der Waals surface area contributed by atoms with E-state index < -0.39 is 5.60 Å². The average molecular weight is 310 g/mol. The number of ether oxygens (including phenoxy) is 4. The van der Waals surface area contributed by atoms with Gasteiger partial charge >= 0.3 is 5.97 Å². The molecule has 1 saturated carbocycles. The Labute approximate surface area is 131 Å². The van der Waals surface area contributed by atoms with Crippen molar-refractivity contribution in [2.75, 3.05) is 0 Å². The van der Waals surface area contributed by atoms with Gasteiger partial charge in [0.15, 0.2) is 6.10 Å². The number of esters is 1. The minimum atomic E-state index is -0.410. The zero-order valence-corrected chi connectivity index (χ0v) is 14.0. The van der Waals surface area contributed by atoms with E-state index in [1.54, 1.807) is 0 Å². The Kier molecular flexibility index (Phi) is 2.88. The van der Waals surface area contributed by atoms with Crippen LogP contribution < -0.4 is 0 Å². The lowest BCUT2D eigenvalue weighted by Gasteiger charge is -2.24. The highest BCUT2D eigenvalue weighted by Crippen LogP contribution is 2.57. The summed E-state index contributed by atoms with van der Waals surface area (Å²) >= 11 is 0. The molecule has 0 N–H and O–H groups in total. The van der Waals surface area contributed by atoms with Gasteiger partial charge in [-0.2, -0.15) is 0 Å². The molecule has 0 aromatic heterocycles. The fourth-order valence-corrected chi connectivity index (χ4v) is 4.32. The van der Waals surface area contributed by atoms with Gasteiger partial charge < -0.3 is 18.9 Å². The van der Waals surface area contributed by atoms with Gasteiger partial charge in [0.25, 0.3) is 0 Å². The molecule has 124 valence electrons. The predicted octanol–water partition coefficient (Wildman–Crippen LogP) is 2.21. The Bertz CT molecular complexity index is 517. The van der Waals surface area contributed by atoms with E-state index in [1.807, 2.05) is 6.92 Å². The van der Waals surface area contributed by atoms with Crippen LogP contribution in [0.1, 0.15) is 53.9 Å². The zero-order chi connectivity index (χ0) is 15.9. The second-order valence-electron chi connectivity index (χ2n) is 8.49. The molecule has 3 saturated heterocycles. The van der Waals surface area contributed by atoms with Gasteiger partial charge in [-0.05, 0) is 38.5 Å². The van der Waals surface area contributed by atoms with Crippen LogP contribution in [-0.4, -0.2) is 47.7 Å². The Morgan fingerprint density at radius 1 is 1.14 bits per heavy atom. The van der Waals surface area contributed by atoms with Gasteiger partial charge in [0, 0.05) is 6.92 Å². The molecule has 0 aromatic rings. The first-order chi connectivity index (χ1) is 10.2. The summed E-state index contributed by atoms with van der Waals surface area (Å²) < 4.78 is 23.5. The molecule has 22 heavy (non-hydrogen) atoms. The number of carbonyl (C=O) groups excluding carboxylic acids is 1. The summed E-state index contributed by atoms with van der Waals surface area (Å²) in [4.78, 5) is 11.5. The van der Waals surface area contributed by atoms with Gasteiger partial charge in [-0.3, -0.25) is 4.79 Å². The average Bonchev–Trinajstić information content (AvgIpc) is 3.27. The predicted molar refractivity (Wildman–Crippen MR) is 78.4 cm³/mol. The summed E-state index contributed by atoms with van der Waals surface area (Å²) in [5, 5.41) is 0. The van der Waals surface area contributed by atoms with Crippen molar-refractivity contribution in [3.8, 4) is 0 Å². The van der Waals surface area contributed by atoms with E-state index in [9.17, 15) is 4.79 Å². The summed E-state index contributed by atoms with van der Waals surface area (Å²) in [6.07, 6.45) is 3.10. The molecule has 0 radical (unpaired) electrons. The molecule has 0 aromatic carbocycles. The zero-order valence-electron chi connectivity index (χ0n) is 14.0. The second-order valence-corrected chi connectivity index (χ2v) is 8.49. The lowest BCUT2D eigenvalue weighted by Crippen LogP contribution is -2.40. The number of fused-ring (bicyclic) bond motifs is 3. The molecule has 0 spiro atoms. The van der Waals surface area contributed by atoms with Crippen LogP contribution in [-0.2, 0) is 23.7 Å². The Hall–Kier alpha value is -0.650. The fraction of sp³-hybridized carbons (Fsp3) is 0.941. The Balaban J connectivity index is 1.60. The van der Waals surface area contributed by atoms with Crippen molar-refractivity contribution in [1.29, 1.82) is 0 Å². The molecule has 1 unspecified atom stereocenters. The summed E-state index contributed by atoms with van der Waals surface area (Å²) in [5.74, 6) is -0.263. The van der Waals surface area contributed by atoms with E-state index in [1.165, 1.54) is 6.92 Å². The summed E-state index contributed by atoms with van der Waals surface area (Å²) in [7, 11) is 0. The quantitative estimate of drug-likeness (QED) is 0.549. The Morgan fingerprint density at radius 2 is 1.86 bits per heavy atom. The first kappa shape index (κ1) is 14.9. The maximum Gasteiger partial charge on any atom is 0.303 e. The number of epoxide rings is 3. The van der Waals surface area contributed by atoms with Crippen molar-refractivity contribution in [2.24, 2.45) is 5.41 Å². The molecule has 7 atom stereocenters. The number of carbonyl (C=O) groups is 1. The maximum absolute atomic E-state index is 11.5. The topological polar surface area (TPSA) is 63.9 Å². The van der Waals surface area contributed by atoms with E-state index in [4.69, 9.17) is 18.9 Å². The van der Waals surface area contributed by atoms with Gasteiger partial charge in [-0.25, -0.2) is 0 Å². The van der Waals surface area contributed by atoms with Crippen molar-refractivity contribution in [2.45, 2.75) is 95.6 Å². The summed E-state index contributed by atoms with van der Waals surface area (Å²) in [5.41, 5.74) is -0.418. The smallest absolute Gasteiger partial charge is 0.303 e. The third kappa shape index (κ3) is 2.21. The lowest BCUT2D eigenvalue weighted by atomic mass is 9.79. The Morgan fingerprint density at radius 3 is 2.55 bits per heavy atom. The van der Waals surface area contributed by atoms with E-state index in [0.29, 0.717) is 6.10 Å². The van der Waals surface area contributed by atoms with Crippen molar-refractivity contribution in [3.05, 3.63) is 0 Å². The molecule has 4 aliphatic rings. The molecule has 4 fully saturated rings. The second kappa shape index (κ2) is 4.25. The maximum atomic E-state index is 11.5. The van der Waals surface area contributed by atoms with Crippen LogP contribution in [0.25, 0.3) is 0 Å². The van der Waals surface area contributed by atoms with Crippen LogP contribution in [0.5, 0.6) is 0 Å². The highest BCUT2D eigenvalue weighted by Gasteiger charge is 2.70. The van der Waals surface area contributed by atoms with Gasteiger partial charge in [-0.1, -0.05) is 13.8 Å². The number of rotatable bonds is 1. The highest BCUT2D eigenvalue weighted by atomic mass is 16.7. The molecule has 0 bridgehead atoms. The molecule has 5 heteroatoms. The highest BCUT2D eigenvalue weighted by molar-refractivity contribution is 5.66. The van der Waals surface area contributed by atoms with Crippen LogP contribution in [0.4, 0.5) is 0 Å². The molecular weight excluding hydrogens is 284 g/mol. The van der Waals surface area contributed by atoms with Crippen molar-refractivity contribution < 1.29 is 23.7 Å². The van der Waals surface area contributed by atoms with E-state index in [0.717, 1.165) is 19.3 Å². The van der Waals surface area contributed by atoms with Crippen molar-refractivity contribution in [1.82, 2.24) is 0 Å². The minimum absolute atomic E-state index is 0.0105. The largest absolute Gasteiger partial charge is 0.456 e. The third-order valence-electron chi connectivity index (χ3n) is 6.08. The van der Waals surface area contributed by atoms with Gasteiger partial charge in [0.2, 0.25) is 0 Å². The SMILES string of the molecule is CC(=O)OC1[C@@H]2O[C@H]2C(C)(C)C[C@@H]2O[C@@]2(C)CC[C@@H]2O[C@@]12C. The van der Waals surface area contributed by atoms with Crippen LogP contribution >= 0.6 is 0 Å². The van der Waals surface area contributed by atoms with Gasteiger partial charge in [0.05, 0.1) is 23.9 Å². The van der Waals surface area contributed by atoms with Gasteiger partial charge in [-0.15, -0.1) is 0 Å². The first-order valence-electron chi connectivity index (χ1n) is 8.34. The minimum Gasteiger partial charge on any atom is -0.456 e. The van der Waals surface area contributed by atoms with E-state index >= 15 is 0 Å². The molecule has 3 heterocycles. The van der Waals surface area contributed by atoms with Crippen LogP contribution in [0.15, 0.2) is 0 Å². The van der Waals surface area contributed by atoms with Crippen LogP contribution in [0, 0.1) is 5.41 Å². The fourth-order valence-electron chi connectivity index (χ4n) is 4.32. The first-order valence-corrected chi connectivity index (χ1v) is 8.34. The molecule has 1 aliphatic carbocycles. The van der Waals surface area contributed by atoms with E-state index in [2.05, 4.69) is 20.8 Å². The third-order valence-corrected chi connectivity index (χ3v) is 6.08. The standard InChI is InChI=1S/C17H26O5/c1-9(18)19-14-12-13(20-12)15(2,3)8-11-16(4,21-11)7-6-10-17(14,5)22-10/h10-14H,6-8H2,1-5H3/t10-,11-,12+,13+,14?,16-,17+/m0/s1. The summed E-state index contributed by atoms with van der Waals surface area (Å²) in [6, 6.07) is 0.